The second-order valence-electron chi connectivity index (χ2n) is 2.71. The Kier molecular flexibility index (Phi) is 4.15. The zero-order valence-corrected chi connectivity index (χ0v) is 9.09. The van der Waals surface area contributed by atoms with Gasteiger partial charge in [-0.1, -0.05) is 24.8 Å². The summed E-state index contributed by atoms with van der Waals surface area (Å²) in [4.78, 5) is 4.30. The molecule has 0 radical (unpaired) electrons. The Balaban J connectivity index is 2.96. The number of hydrogen-bond acceptors (Lipinski definition) is 5. The highest BCUT2D eigenvalue weighted by molar-refractivity contribution is 7.86. The Morgan fingerprint density at radius 2 is 2.12 bits per heavy atom. The van der Waals surface area contributed by atoms with E-state index in [-0.39, 0.29) is 17.2 Å². The maximum Gasteiger partial charge on any atom is 0.296 e. The zero-order chi connectivity index (χ0) is 12.0. The SMILES string of the molecule is C=CCON=Nc1ccccc1S(=O)(=O)O. The molecule has 0 heterocycles. The van der Waals surface area contributed by atoms with Crippen molar-refractivity contribution >= 4 is 15.8 Å². The van der Waals surface area contributed by atoms with Crippen molar-refractivity contribution in [3.63, 3.8) is 0 Å². The molecule has 0 saturated heterocycles. The highest BCUT2D eigenvalue weighted by Gasteiger charge is 2.14. The second-order valence-corrected chi connectivity index (χ2v) is 4.10. The molecule has 7 heteroatoms. The van der Waals surface area contributed by atoms with Gasteiger partial charge in [0.05, 0.1) is 0 Å². The lowest BCUT2D eigenvalue weighted by atomic mass is 10.3. The molecule has 0 bridgehead atoms. The van der Waals surface area contributed by atoms with Crippen LogP contribution in [0.1, 0.15) is 0 Å². The van der Waals surface area contributed by atoms with Gasteiger partial charge in [0, 0.05) is 5.28 Å². The van der Waals surface area contributed by atoms with Crippen molar-refractivity contribution in [2.45, 2.75) is 4.90 Å². The maximum absolute atomic E-state index is 10.9. The third-order valence-corrected chi connectivity index (χ3v) is 2.44. The average Bonchev–Trinajstić information content (AvgIpc) is 2.24. The molecule has 1 rings (SSSR count). The minimum Gasteiger partial charge on any atom is -0.375 e. The van der Waals surface area contributed by atoms with E-state index in [2.05, 4.69) is 21.8 Å². The lowest BCUT2D eigenvalue weighted by Gasteiger charge is -1.99. The van der Waals surface area contributed by atoms with Gasteiger partial charge in [0.15, 0.2) is 0 Å². The van der Waals surface area contributed by atoms with Crippen LogP contribution in [0.4, 0.5) is 5.69 Å². The molecule has 1 aromatic carbocycles. The fraction of sp³-hybridized carbons (Fsp3) is 0.111. The van der Waals surface area contributed by atoms with Crippen LogP contribution in [0.15, 0.2) is 52.2 Å². The highest BCUT2D eigenvalue weighted by Crippen LogP contribution is 2.23. The lowest BCUT2D eigenvalue weighted by Crippen LogP contribution is -1.97. The van der Waals surface area contributed by atoms with Gasteiger partial charge < -0.3 is 4.84 Å². The summed E-state index contributed by atoms with van der Waals surface area (Å²) in [5.41, 5.74) is 0.00839. The van der Waals surface area contributed by atoms with E-state index >= 15 is 0 Å². The number of hydrogen-bond donors (Lipinski definition) is 1. The first-order valence-corrected chi connectivity index (χ1v) is 5.70. The number of benzene rings is 1. The molecule has 0 amide bonds. The molecule has 86 valence electrons. The van der Waals surface area contributed by atoms with E-state index in [9.17, 15) is 8.42 Å². The number of nitrogens with zero attached hydrogens (tertiary/aromatic N) is 2. The second kappa shape index (κ2) is 5.38. The fourth-order valence-corrected chi connectivity index (χ4v) is 1.54. The zero-order valence-electron chi connectivity index (χ0n) is 8.28. The van der Waals surface area contributed by atoms with Crippen molar-refractivity contribution in [1.29, 1.82) is 0 Å². The van der Waals surface area contributed by atoms with E-state index in [4.69, 9.17) is 4.55 Å². The number of rotatable bonds is 5. The first kappa shape index (κ1) is 12.3. The fourth-order valence-electron chi connectivity index (χ4n) is 0.917. The van der Waals surface area contributed by atoms with Crippen molar-refractivity contribution in [3.8, 4) is 0 Å². The quantitative estimate of drug-likeness (QED) is 0.281. The van der Waals surface area contributed by atoms with Gasteiger partial charge in [0.1, 0.15) is 17.2 Å². The highest BCUT2D eigenvalue weighted by atomic mass is 32.2. The molecule has 0 aliphatic rings. The molecule has 0 aliphatic heterocycles. The van der Waals surface area contributed by atoms with E-state index in [1.165, 1.54) is 24.3 Å². The van der Waals surface area contributed by atoms with E-state index < -0.39 is 10.1 Å². The predicted molar refractivity (Wildman–Crippen MR) is 56.9 cm³/mol. The van der Waals surface area contributed by atoms with Crippen LogP contribution in [0.3, 0.4) is 0 Å². The Hall–Kier alpha value is -1.73. The summed E-state index contributed by atoms with van der Waals surface area (Å²) >= 11 is 0. The standard InChI is InChI=1S/C9H10N2O4S/c1-2-7-15-11-10-8-5-3-4-6-9(8)16(12,13)14/h2-6H,1,7H2,(H,12,13,14). The van der Waals surface area contributed by atoms with Gasteiger partial charge in [-0.2, -0.15) is 8.42 Å². The summed E-state index contributed by atoms with van der Waals surface area (Å²) < 4.78 is 30.8. The van der Waals surface area contributed by atoms with Crippen molar-refractivity contribution in [3.05, 3.63) is 36.9 Å². The molecule has 16 heavy (non-hydrogen) atoms. The minimum absolute atomic E-state index is 0.00839. The van der Waals surface area contributed by atoms with Crippen LogP contribution < -0.4 is 0 Å². The Labute approximate surface area is 93.0 Å². The average molecular weight is 242 g/mol. The summed E-state index contributed by atoms with van der Waals surface area (Å²) in [6.07, 6.45) is 1.47. The third-order valence-electron chi connectivity index (χ3n) is 1.54. The van der Waals surface area contributed by atoms with Crippen LogP contribution in [-0.2, 0) is 15.0 Å². The summed E-state index contributed by atoms with van der Waals surface area (Å²) in [5, 5.41) is 6.81. The molecule has 0 aliphatic carbocycles. The van der Waals surface area contributed by atoms with Crippen LogP contribution in [0, 0.1) is 0 Å². The van der Waals surface area contributed by atoms with Gasteiger partial charge in [-0.3, -0.25) is 4.55 Å². The Bertz CT molecular complexity index is 496. The van der Waals surface area contributed by atoms with Crippen LogP contribution in [-0.4, -0.2) is 19.6 Å². The molecule has 1 N–H and O–H groups in total. The van der Waals surface area contributed by atoms with Crippen molar-refractivity contribution in [1.82, 2.24) is 0 Å². The van der Waals surface area contributed by atoms with Gasteiger partial charge in [0.25, 0.3) is 10.1 Å². The predicted octanol–water partition coefficient (Wildman–Crippen LogP) is 2.13. The van der Waals surface area contributed by atoms with Crippen LogP contribution in [0.5, 0.6) is 0 Å². The molecule has 0 fully saturated rings. The largest absolute Gasteiger partial charge is 0.375 e. The van der Waals surface area contributed by atoms with Crippen molar-refractivity contribution in [2.75, 3.05) is 6.61 Å². The topological polar surface area (TPSA) is 88.3 Å². The first-order chi connectivity index (χ1) is 7.55. The third kappa shape index (κ3) is 3.44. The molecular weight excluding hydrogens is 232 g/mol. The van der Waals surface area contributed by atoms with Gasteiger partial charge >= 0.3 is 0 Å². The molecule has 0 aromatic heterocycles. The molecule has 1 aromatic rings. The van der Waals surface area contributed by atoms with E-state index in [1.54, 1.807) is 6.07 Å². The van der Waals surface area contributed by atoms with Crippen molar-refractivity contribution < 1.29 is 17.8 Å². The van der Waals surface area contributed by atoms with Crippen LogP contribution in [0.2, 0.25) is 0 Å². The van der Waals surface area contributed by atoms with Gasteiger partial charge in [-0.25, -0.2) is 0 Å². The maximum atomic E-state index is 10.9. The van der Waals surface area contributed by atoms with Crippen LogP contribution >= 0.6 is 0 Å². The summed E-state index contributed by atoms with van der Waals surface area (Å²) in [6, 6.07) is 5.64. The van der Waals surface area contributed by atoms with E-state index in [1.807, 2.05) is 0 Å². The molecule has 0 spiro atoms. The molecule has 0 saturated carbocycles. The Morgan fingerprint density at radius 1 is 1.44 bits per heavy atom. The summed E-state index contributed by atoms with van der Waals surface area (Å²) in [6.45, 7) is 3.56. The van der Waals surface area contributed by atoms with E-state index in [0.717, 1.165) is 0 Å². The smallest absolute Gasteiger partial charge is 0.296 e. The first-order valence-electron chi connectivity index (χ1n) is 4.26. The van der Waals surface area contributed by atoms with Crippen LogP contribution in [0.25, 0.3) is 0 Å². The molecule has 0 atom stereocenters. The normalized spacial score (nSPS) is 11.6. The molecular formula is C9H10N2O4S. The Morgan fingerprint density at radius 3 is 2.75 bits per heavy atom. The minimum atomic E-state index is -4.31. The van der Waals surface area contributed by atoms with E-state index in [0.29, 0.717) is 0 Å². The molecule has 0 unspecified atom stereocenters. The van der Waals surface area contributed by atoms with Gasteiger partial charge in [-0.15, -0.1) is 5.11 Å². The lowest BCUT2D eigenvalue weighted by molar-refractivity contribution is 0.154. The van der Waals surface area contributed by atoms with Gasteiger partial charge in [-0.05, 0) is 12.1 Å². The monoisotopic (exact) mass is 242 g/mol. The summed E-state index contributed by atoms with van der Waals surface area (Å²) in [5.74, 6) is 0. The molecule has 6 nitrogen and oxygen atoms in total. The summed E-state index contributed by atoms with van der Waals surface area (Å²) in [7, 11) is -4.31. The van der Waals surface area contributed by atoms with Crippen molar-refractivity contribution in [2.24, 2.45) is 10.4 Å². The van der Waals surface area contributed by atoms with Gasteiger partial charge in [0.2, 0.25) is 0 Å².